The molecule has 0 unspecified atom stereocenters. The van der Waals surface area contributed by atoms with Crippen molar-refractivity contribution in [2.45, 2.75) is 6.42 Å². The maximum Gasteiger partial charge on any atom is 0.267 e. The Kier molecular flexibility index (Phi) is 6.89. The molecule has 26 heavy (non-hydrogen) atoms. The number of rotatable bonds is 7. The highest BCUT2D eigenvalue weighted by molar-refractivity contribution is 6.34. The van der Waals surface area contributed by atoms with Crippen LogP contribution in [0.5, 0.6) is 5.75 Å². The number of carbonyl (C=O) groups is 1. The number of carbonyl (C=O) groups excluding carboxylic acids is 1. The van der Waals surface area contributed by atoms with Crippen LogP contribution in [0, 0.1) is 11.3 Å². The van der Waals surface area contributed by atoms with Gasteiger partial charge in [-0.3, -0.25) is 4.79 Å². The summed E-state index contributed by atoms with van der Waals surface area (Å²) in [5, 5.41) is 15.1. The topological polar surface area (TPSA) is 100 Å². The summed E-state index contributed by atoms with van der Waals surface area (Å²) in [6.45, 7) is 0.543. The van der Waals surface area contributed by atoms with Crippen LogP contribution in [0.25, 0.3) is 0 Å². The second-order valence-corrected chi connectivity index (χ2v) is 5.79. The van der Waals surface area contributed by atoms with E-state index in [2.05, 4.69) is 10.6 Å². The molecule has 7 heteroatoms. The van der Waals surface area contributed by atoms with E-state index in [-0.39, 0.29) is 5.57 Å². The molecule has 0 aliphatic heterocycles. The molecule has 2 aromatic carbocycles. The van der Waals surface area contributed by atoms with E-state index in [4.69, 9.17) is 22.1 Å². The third-order valence-corrected chi connectivity index (χ3v) is 3.90. The molecule has 2 aromatic rings. The zero-order chi connectivity index (χ0) is 18.9. The molecule has 1 amide bonds. The molecule has 4 N–H and O–H groups in total. The van der Waals surface area contributed by atoms with Crippen molar-refractivity contribution in [2.24, 2.45) is 0 Å². The SMILES string of the molecule is COc1ccccc1CCN/C=C(/C#N)C(=O)Nc1ccc(N)cc1Cl. The lowest BCUT2D eigenvalue weighted by atomic mass is 10.1. The fourth-order valence-corrected chi connectivity index (χ4v) is 2.50. The van der Waals surface area contributed by atoms with Crippen LogP contribution in [-0.2, 0) is 11.2 Å². The van der Waals surface area contributed by atoms with E-state index in [1.54, 1.807) is 19.2 Å². The second kappa shape index (κ2) is 9.35. The van der Waals surface area contributed by atoms with Gasteiger partial charge in [0.25, 0.3) is 5.91 Å². The van der Waals surface area contributed by atoms with Crippen LogP contribution in [0.2, 0.25) is 5.02 Å². The number of methoxy groups -OCH3 is 1. The predicted molar refractivity (Wildman–Crippen MR) is 103 cm³/mol. The molecule has 0 radical (unpaired) electrons. The first-order valence-electron chi connectivity index (χ1n) is 7.87. The van der Waals surface area contributed by atoms with Gasteiger partial charge in [0.2, 0.25) is 0 Å². The van der Waals surface area contributed by atoms with Crippen LogP contribution >= 0.6 is 11.6 Å². The summed E-state index contributed by atoms with van der Waals surface area (Å²) in [6, 6.07) is 14.3. The minimum atomic E-state index is -0.552. The summed E-state index contributed by atoms with van der Waals surface area (Å²) in [7, 11) is 1.62. The molecule has 0 aromatic heterocycles. The van der Waals surface area contributed by atoms with Crippen LogP contribution in [0.4, 0.5) is 11.4 Å². The molecule has 0 aliphatic carbocycles. The number of nitrogens with two attached hydrogens (primary N) is 1. The quantitative estimate of drug-likeness (QED) is 0.301. The highest BCUT2D eigenvalue weighted by Crippen LogP contribution is 2.24. The molecule has 0 bridgehead atoms. The molecule has 2 rings (SSSR count). The van der Waals surface area contributed by atoms with Crippen molar-refractivity contribution in [2.75, 3.05) is 24.7 Å². The number of benzene rings is 2. The lowest BCUT2D eigenvalue weighted by Crippen LogP contribution is -2.18. The lowest BCUT2D eigenvalue weighted by molar-refractivity contribution is -0.112. The fraction of sp³-hybridized carbons (Fsp3) is 0.158. The van der Waals surface area contributed by atoms with Gasteiger partial charge in [0.15, 0.2) is 0 Å². The number of anilines is 2. The van der Waals surface area contributed by atoms with Crippen molar-refractivity contribution in [1.82, 2.24) is 5.32 Å². The Balaban J connectivity index is 1.94. The fourth-order valence-electron chi connectivity index (χ4n) is 2.26. The van der Waals surface area contributed by atoms with Gasteiger partial charge < -0.3 is 21.1 Å². The highest BCUT2D eigenvalue weighted by Gasteiger charge is 2.11. The van der Waals surface area contributed by atoms with E-state index in [0.717, 1.165) is 11.3 Å². The van der Waals surface area contributed by atoms with Crippen molar-refractivity contribution in [1.29, 1.82) is 5.26 Å². The van der Waals surface area contributed by atoms with Crippen molar-refractivity contribution in [3.8, 4) is 11.8 Å². The Morgan fingerprint density at radius 3 is 2.81 bits per heavy atom. The van der Waals surface area contributed by atoms with E-state index in [0.29, 0.717) is 29.4 Å². The number of ether oxygens (including phenoxy) is 1. The van der Waals surface area contributed by atoms with Gasteiger partial charge in [-0.2, -0.15) is 5.26 Å². The number of nitrogen functional groups attached to an aromatic ring is 1. The largest absolute Gasteiger partial charge is 0.496 e. The average molecular weight is 371 g/mol. The number of nitriles is 1. The number of halogens is 1. The Bertz CT molecular complexity index is 859. The maximum atomic E-state index is 12.2. The zero-order valence-electron chi connectivity index (χ0n) is 14.3. The summed E-state index contributed by atoms with van der Waals surface area (Å²) in [5.41, 5.74) is 7.47. The van der Waals surface area contributed by atoms with Crippen molar-refractivity contribution >= 4 is 28.9 Å². The maximum absolute atomic E-state index is 12.2. The van der Waals surface area contributed by atoms with Gasteiger partial charge >= 0.3 is 0 Å². The zero-order valence-corrected chi connectivity index (χ0v) is 15.0. The summed E-state index contributed by atoms with van der Waals surface area (Å²) >= 11 is 6.02. The van der Waals surface area contributed by atoms with Gasteiger partial charge in [-0.05, 0) is 36.2 Å². The van der Waals surface area contributed by atoms with Crippen LogP contribution in [0.3, 0.4) is 0 Å². The minimum absolute atomic E-state index is 0.0575. The van der Waals surface area contributed by atoms with Gasteiger partial charge in [0.05, 0.1) is 17.8 Å². The molecular formula is C19H19ClN4O2. The van der Waals surface area contributed by atoms with Crippen LogP contribution in [0.1, 0.15) is 5.56 Å². The van der Waals surface area contributed by atoms with Gasteiger partial charge in [-0.25, -0.2) is 0 Å². The first-order valence-corrected chi connectivity index (χ1v) is 8.25. The van der Waals surface area contributed by atoms with Gasteiger partial charge in [0.1, 0.15) is 17.4 Å². The summed E-state index contributed by atoms with van der Waals surface area (Å²) in [4.78, 5) is 12.2. The third-order valence-electron chi connectivity index (χ3n) is 3.58. The molecule has 134 valence electrons. The average Bonchev–Trinajstić information content (AvgIpc) is 2.64. The molecular weight excluding hydrogens is 352 g/mol. The Morgan fingerprint density at radius 2 is 2.12 bits per heavy atom. The van der Waals surface area contributed by atoms with E-state index in [9.17, 15) is 10.1 Å². The molecule has 0 fully saturated rings. The standard InChI is InChI=1S/C19H19ClN4O2/c1-26-18-5-3-2-4-13(18)8-9-23-12-14(11-21)19(25)24-17-7-6-15(22)10-16(17)20/h2-7,10,12,23H,8-9,22H2,1H3,(H,24,25)/b14-12-. The number of hydrogen-bond acceptors (Lipinski definition) is 5. The Hall–Kier alpha value is -3.17. The van der Waals surface area contributed by atoms with Gasteiger partial charge in [0, 0.05) is 18.4 Å². The van der Waals surface area contributed by atoms with E-state index in [1.165, 1.54) is 12.3 Å². The number of para-hydroxylation sites is 1. The number of hydrogen-bond donors (Lipinski definition) is 3. The first-order chi connectivity index (χ1) is 12.5. The molecule has 0 spiro atoms. The summed E-state index contributed by atoms with van der Waals surface area (Å²) in [6.07, 6.45) is 2.07. The van der Waals surface area contributed by atoms with Crippen LogP contribution < -0.4 is 21.1 Å². The highest BCUT2D eigenvalue weighted by atomic mass is 35.5. The summed E-state index contributed by atoms with van der Waals surface area (Å²) in [5.74, 6) is 0.249. The van der Waals surface area contributed by atoms with Crippen molar-refractivity contribution in [3.05, 3.63) is 64.8 Å². The van der Waals surface area contributed by atoms with Crippen LogP contribution in [0.15, 0.2) is 54.2 Å². The van der Waals surface area contributed by atoms with E-state index < -0.39 is 5.91 Å². The monoisotopic (exact) mass is 370 g/mol. The molecule has 0 saturated carbocycles. The predicted octanol–water partition coefficient (Wildman–Crippen LogP) is 3.11. The smallest absolute Gasteiger partial charge is 0.267 e. The van der Waals surface area contributed by atoms with Crippen molar-refractivity contribution in [3.63, 3.8) is 0 Å². The molecule has 0 heterocycles. The van der Waals surface area contributed by atoms with Gasteiger partial charge in [-0.1, -0.05) is 29.8 Å². The van der Waals surface area contributed by atoms with E-state index >= 15 is 0 Å². The molecule has 6 nitrogen and oxygen atoms in total. The number of nitrogens with one attached hydrogen (secondary N) is 2. The third kappa shape index (κ3) is 5.16. The van der Waals surface area contributed by atoms with Gasteiger partial charge in [-0.15, -0.1) is 0 Å². The molecule has 0 atom stereocenters. The second-order valence-electron chi connectivity index (χ2n) is 5.38. The minimum Gasteiger partial charge on any atom is -0.496 e. The normalized spacial score (nSPS) is 10.7. The Morgan fingerprint density at radius 1 is 1.35 bits per heavy atom. The first kappa shape index (κ1) is 19.2. The number of nitrogens with zero attached hydrogens (tertiary/aromatic N) is 1. The molecule has 0 aliphatic rings. The number of amides is 1. The Labute approximate surface area is 157 Å². The summed E-state index contributed by atoms with van der Waals surface area (Å²) < 4.78 is 5.29. The van der Waals surface area contributed by atoms with Crippen molar-refractivity contribution < 1.29 is 9.53 Å². The van der Waals surface area contributed by atoms with E-state index in [1.807, 2.05) is 30.3 Å². The molecule has 0 saturated heterocycles. The van der Waals surface area contributed by atoms with Crippen LogP contribution in [-0.4, -0.2) is 19.6 Å². The lowest BCUT2D eigenvalue weighted by Gasteiger charge is -2.09.